The predicted octanol–water partition coefficient (Wildman–Crippen LogP) is 2.02. The lowest BCUT2D eigenvalue weighted by Gasteiger charge is -2.38. The lowest BCUT2D eigenvalue weighted by molar-refractivity contribution is 0.0446. The highest BCUT2D eigenvalue weighted by molar-refractivity contribution is 5.57. The molecule has 0 spiro atoms. The summed E-state index contributed by atoms with van der Waals surface area (Å²) in [6.07, 6.45) is 1.79. The largest absolute Gasteiger partial charge is 0.388 e. The molecule has 0 bridgehead atoms. The molecule has 2 rings (SSSR count). The van der Waals surface area contributed by atoms with Crippen LogP contribution in [0.25, 0.3) is 0 Å². The maximum absolute atomic E-state index is 10.3. The van der Waals surface area contributed by atoms with Crippen LogP contribution in [0.15, 0.2) is 0 Å². The summed E-state index contributed by atoms with van der Waals surface area (Å²) in [6, 6.07) is 0. The SMILES string of the molecule is Cc1c(N)nc(C(C)(C)C)nc1N1CCCC(C)(O)C1. The van der Waals surface area contributed by atoms with Gasteiger partial charge in [0.15, 0.2) is 0 Å². The Morgan fingerprint density at radius 3 is 2.50 bits per heavy atom. The molecule has 2 heterocycles. The second kappa shape index (κ2) is 4.88. The zero-order valence-corrected chi connectivity index (χ0v) is 13.2. The Balaban J connectivity index is 2.43. The van der Waals surface area contributed by atoms with Crippen LogP contribution < -0.4 is 10.6 Å². The van der Waals surface area contributed by atoms with E-state index < -0.39 is 5.60 Å². The van der Waals surface area contributed by atoms with E-state index in [2.05, 4.69) is 30.7 Å². The summed E-state index contributed by atoms with van der Waals surface area (Å²) in [6.45, 7) is 11.5. The van der Waals surface area contributed by atoms with Crippen LogP contribution in [0.5, 0.6) is 0 Å². The van der Waals surface area contributed by atoms with Gasteiger partial charge in [0.2, 0.25) is 0 Å². The van der Waals surface area contributed by atoms with E-state index in [1.807, 2.05) is 13.8 Å². The Hall–Kier alpha value is -1.36. The molecule has 0 aliphatic carbocycles. The first-order valence-corrected chi connectivity index (χ1v) is 7.22. The molecular weight excluding hydrogens is 252 g/mol. The minimum absolute atomic E-state index is 0.144. The minimum atomic E-state index is -0.660. The minimum Gasteiger partial charge on any atom is -0.388 e. The molecule has 1 aromatic heterocycles. The Morgan fingerprint density at radius 1 is 1.30 bits per heavy atom. The summed E-state index contributed by atoms with van der Waals surface area (Å²) in [4.78, 5) is 11.3. The van der Waals surface area contributed by atoms with E-state index in [1.165, 1.54) is 0 Å². The van der Waals surface area contributed by atoms with Crippen LogP contribution in [0, 0.1) is 6.92 Å². The van der Waals surface area contributed by atoms with E-state index in [9.17, 15) is 5.11 Å². The zero-order valence-electron chi connectivity index (χ0n) is 13.2. The molecule has 3 N–H and O–H groups in total. The zero-order chi connectivity index (χ0) is 15.1. The molecule has 20 heavy (non-hydrogen) atoms. The van der Waals surface area contributed by atoms with Crippen LogP contribution in [0.1, 0.15) is 51.9 Å². The summed E-state index contributed by atoms with van der Waals surface area (Å²) in [5, 5.41) is 10.3. The standard InChI is InChI=1S/C15H26N4O/c1-10-11(16)17-13(14(2,3)4)18-12(10)19-8-6-7-15(5,20)9-19/h20H,6-9H2,1-5H3,(H2,16,17,18). The van der Waals surface area contributed by atoms with Crippen LogP contribution in [-0.4, -0.2) is 33.8 Å². The molecule has 0 aromatic carbocycles. The summed E-state index contributed by atoms with van der Waals surface area (Å²) >= 11 is 0. The van der Waals surface area contributed by atoms with E-state index in [4.69, 9.17) is 10.7 Å². The van der Waals surface area contributed by atoms with E-state index in [1.54, 1.807) is 0 Å². The van der Waals surface area contributed by atoms with Gasteiger partial charge < -0.3 is 15.7 Å². The van der Waals surface area contributed by atoms with Crippen molar-refractivity contribution in [3.8, 4) is 0 Å². The lowest BCUT2D eigenvalue weighted by Crippen LogP contribution is -2.47. The molecule has 1 aromatic rings. The molecule has 5 nitrogen and oxygen atoms in total. The fraction of sp³-hybridized carbons (Fsp3) is 0.733. The predicted molar refractivity (Wildman–Crippen MR) is 82.0 cm³/mol. The molecule has 1 aliphatic rings. The molecule has 1 atom stereocenters. The van der Waals surface area contributed by atoms with Gasteiger partial charge in [0.1, 0.15) is 17.5 Å². The second-order valence-corrected chi connectivity index (χ2v) is 7.15. The van der Waals surface area contributed by atoms with Crippen LogP contribution in [0.4, 0.5) is 11.6 Å². The van der Waals surface area contributed by atoms with E-state index in [-0.39, 0.29) is 5.41 Å². The highest BCUT2D eigenvalue weighted by Gasteiger charge is 2.31. The monoisotopic (exact) mass is 278 g/mol. The molecule has 112 valence electrons. The summed E-state index contributed by atoms with van der Waals surface area (Å²) in [5.74, 6) is 2.15. The highest BCUT2D eigenvalue weighted by Crippen LogP contribution is 2.30. The van der Waals surface area contributed by atoms with Gasteiger partial charge in [-0.05, 0) is 26.7 Å². The van der Waals surface area contributed by atoms with Crippen molar-refractivity contribution in [1.82, 2.24) is 9.97 Å². The third-order valence-electron chi connectivity index (χ3n) is 3.80. The molecule has 1 aliphatic heterocycles. The number of anilines is 2. The number of hydrogen-bond acceptors (Lipinski definition) is 5. The average Bonchev–Trinajstić information content (AvgIpc) is 2.29. The Labute approximate surface area is 121 Å². The van der Waals surface area contributed by atoms with Crippen molar-refractivity contribution < 1.29 is 5.11 Å². The number of nitrogens with zero attached hydrogens (tertiary/aromatic N) is 3. The number of nitrogens with two attached hydrogens (primary N) is 1. The Bertz CT molecular complexity index is 505. The first kappa shape index (κ1) is 15.0. The fourth-order valence-corrected chi connectivity index (χ4v) is 2.57. The smallest absolute Gasteiger partial charge is 0.138 e. The number of piperidine rings is 1. The first-order chi connectivity index (χ1) is 9.10. The van der Waals surface area contributed by atoms with Crippen LogP contribution in [-0.2, 0) is 5.41 Å². The molecule has 0 amide bonds. The van der Waals surface area contributed by atoms with Gasteiger partial charge >= 0.3 is 0 Å². The van der Waals surface area contributed by atoms with Gasteiger partial charge in [-0.1, -0.05) is 20.8 Å². The van der Waals surface area contributed by atoms with Crippen LogP contribution in [0.2, 0.25) is 0 Å². The van der Waals surface area contributed by atoms with Gasteiger partial charge in [-0.25, -0.2) is 9.97 Å². The van der Waals surface area contributed by atoms with Crippen molar-refractivity contribution in [2.45, 2.75) is 58.5 Å². The number of β-amino-alcohol motifs (C(OH)–C–C–N with tert-alkyl or cyclic N) is 1. The van der Waals surface area contributed by atoms with E-state index >= 15 is 0 Å². The van der Waals surface area contributed by atoms with E-state index in [0.717, 1.165) is 36.6 Å². The third-order valence-corrected chi connectivity index (χ3v) is 3.80. The van der Waals surface area contributed by atoms with Gasteiger partial charge in [-0.2, -0.15) is 0 Å². The Morgan fingerprint density at radius 2 is 1.95 bits per heavy atom. The molecule has 0 radical (unpaired) electrons. The number of hydrogen-bond donors (Lipinski definition) is 2. The Kier molecular flexibility index (Phi) is 3.67. The normalized spacial score (nSPS) is 24.0. The number of rotatable bonds is 1. The van der Waals surface area contributed by atoms with Crippen LogP contribution in [0.3, 0.4) is 0 Å². The van der Waals surface area contributed by atoms with Gasteiger partial charge in [-0.3, -0.25) is 0 Å². The van der Waals surface area contributed by atoms with Crippen molar-refractivity contribution in [3.05, 3.63) is 11.4 Å². The lowest BCUT2D eigenvalue weighted by atomic mass is 9.94. The van der Waals surface area contributed by atoms with Crippen molar-refractivity contribution in [1.29, 1.82) is 0 Å². The van der Waals surface area contributed by atoms with E-state index in [0.29, 0.717) is 12.4 Å². The first-order valence-electron chi connectivity index (χ1n) is 7.22. The van der Waals surface area contributed by atoms with Crippen LogP contribution >= 0.6 is 0 Å². The van der Waals surface area contributed by atoms with Gasteiger partial charge in [0.05, 0.1) is 5.60 Å². The van der Waals surface area contributed by atoms with Gasteiger partial charge in [0, 0.05) is 24.1 Å². The average molecular weight is 278 g/mol. The van der Waals surface area contributed by atoms with Crippen molar-refractivity contribution in [3.63, 3.8) is 0 Å². The molecular formula is C15H26N4O. The number of aliphatic hydroxyl groups is 1. The third kappa shape index (κ3) is 3.03. The highest BCUT2D eigenvalue weighted by atomic mass is 16.3. The van der Waals surface area contributed by atoms with Crippen molar-refractivity contribution >= 4 is 11.6 Å². The summed E-state index contributed by atoms with van der Waals surface area (Å²) in [5.41, 5.74) is 6.15. The molecule has 1 fully saturated rings. The molecule has 1 saturated heterocycles. The summed E-state index contributed by atoms with van der Waals surface area (Å²) < 4.78 is 0. The number of aromatic nitrogens is 2. The maximum atomic E-state index is 10.3. The fourth-order valence-electron chi connectivity index (χ4n) is 2.57. The van der Waals surface area contributed by atoms with Crippen molar-refractivity contribution in [2.24, 2.45) is 0 Å². The van der Waals surface area contributed by atoms with Crippen molar-refractivity contribution in [2.75, 3.05) is 23.7 Å². The quantitative estimate of drug-likeness (QED) is 0.822. The second-order valence-electron chi connectivity index (χ2n) is 7.15. The topological polar surface area (TPSA) is 75.3 Å². The maximum Gasteiger partial charge on any atom is 0.138 e. The molecule has 1 unspecified atom stereocenters. The van der Waals surface area contributed by atoms with Gasteiger partial charge in [-0.15, -0.1) is 0 Å². The molecule has 0 saturated carbocycles. The van der Waals surface area contributed by atoms with Gasteiger partial charge in [0.25, 0.3) is 0 Å². The number of nitrogen functional groups attached to an aromatic ring is 1. The molecule has 5 heteroatoms. The summed E-state index contributed by atoms with van der Waals surface area (Å²) in [7, 11) is 0.